The molecular formula is C10H11BN2O2S2. The van der Waals surface area contributed by atoms with E-state index in [1.54, 1.807) is 23.9 Å². The summed E-state index contributed by atoms with van der Waals surface area (Å²) in [5, 5.41) is 18.1. The average Bonchev–Trinajstić information content (AvgIpc) is 2.73. The molecular weight excluding hydrogens is 255 g/mol. The maximum absolute atomic E-state index is 9.07. The van der Waals surface area contributed by atoms with Crippen LogP contribution in [0.2, 0.25) is 0 Å². The van der Waals surface area contributed by atoms with Crippen LogP contribution in [0.25, 0.3) is 0 Å². The van der Waals surface area contributed by atoms with Crippen LogP contribution in [0.15, 0.2) is 28.6 Å². The summed E-state index contributed by atoms with van der Waals surface area (Å²) >= 11 is 2.98. The van der Waals surface area contributed by atoms with E-state index in [2.05, 4.69) is 9.36 Å². The SMILES string of the molecule is Cc1nsc(SCc2cccc(B(O)O)c2)n1. The van der Waals surface area contributed by atoms with Gasteiger partial charge in [-0.05, 0) is 29.5 Å². The molecule has 0 bridgehead atoms. The summed E-state index contributed by atoms with van der Waals surface area (Å²) < 4.78 is 5.03. The predicted molar refractivity (Wildman–Crippen MR) is 70.5 cm³/mol. The summed E-state index contributed by atoms with van der Waals surface area (Å²) in [6, 6.07) is 7.24. The van der Waals surface area contributed by atoms with E-state index in [0.29, 0.717) is 5.46 Å². The Hall–Kier alpha value is -0.885. The van der Waals surface area contributed by atoms with E-state index in [0.717, 1.165) is 21.5 Å². The van der Waals surface area contributed by atoms with Crippen LogP contribution >= 0.6 is 23.3 Å². The zero-order chi connectivity index (χ0) is 12.3. The number of nitrogens with zero attached hydrogens (tertiary/aromatic N) is 2. The van der Waals surface area contributed by atoms with E-state index >= 15 is 0 Å². The third kappa shape index (κ3) is 3.54. The first kappa shape index (κ1) is 12.6. The van der Waals surface area contributed by atoms with E-state index in [1.807, 2.05) is 19.1 Å². The van der Waals surface area contributed by atoms with Crippen LogP contribution in [0, 0.1) is 6.92 Å². The summed E-state index contributed by atoms with van der Waals surface area (Å²) in [6.45, 7) is 1.86. The Bertz CT molecular complexity index is 505. The fraction of sp³-hybridized carbons (Fsp3) is 0.200. The fourth-order valence-electron chi connectivity index (χ4n) is 1.33. The number of aromatic nitrogens is 2. The molecule has 1 aromatic carbocycles. The molecule has 1 aromatic heterocycles. The summed E-state index contributed by atoms with van der Waals surface area (Å²) in [7, 11) is -1.41. The van der Waals surface area contributed by atoms with Gasteiger partial charge in [0.25, 0.3) is 0 Å². The molecule has 2 aromatic rings. The standard InChI is InChI=1S/C10H11BN2O2S2/c1-7-12-10(17-13-7)16-6-8-3-2-4-9(5-8)11(14)15/h2-5,14-15H,6H2,1H3. The van der Waals surface area contributed by atoms with Gasteiger partial charge in [0.2, 0.25) is 0 Å². The van der Waals surface area contributed by atoms with E-state index in [9.17, 15) is 0 Å². The molecule has 2 rings (SSSR count). The first-order chi connectivity index (χ1) is 8.15. The molecule has 0 aliphatic rings. The molecule has 0 aliphatic heterocycles. The second-order valence-electron chi connectivity index (χ2n) is 3.51. The van der Waals surface area contributed by atoms with Crippen LogP contribution in [-0.4, -0.2) is 26.5 Å². The van der Waals surface area contributed by atoms with Gasteiger partial charge in [0.05, 0.1) is 0 Å². The largest absolute Gasteiger partial charge is 0.488 e. The highest BCUT2D eigenvalue weighted by Gasteiger charge is 2.11. The van der Waals surface area contributed by atoms with Crippen molar-refractivity contribution in [3.63, 3.8) is 0 Å². The lowest BCUT2D eigenvalue weighted by atomic mass is 9.80. The number of rotatable bonds is 4. The molecule has 0 aliphatic carbocycles. The van der Waals surface area contributed by atoms with Crippen LogP contribution in [0.1, 0.15) is 11.4 Å². The van der Waals surface area contributed by atoms with Crippen molar-refractivity contribution >= 4 is 35.9 Å². The zero-order valence-electron chi connectivity index (χ0n) is 9.20. The second kappa shape index (κ2) is 5.64. The van der Waals surface area contributed by atoms with E-state index in [1.165, 1.54) is 11.5 Å². The van der Waals surface area contributed by atoms with Crippen molar-refractivity contribution in [3.8, 4) is 0 Å². The first-order valence-corrected chi connectivity index (χ1v) is 6.79. The van der Waals surface area contributed by atoms with Crippen LogP contribution in [0.5, 0.6) is 0 Å². The Kier molecular flexibility index (Phi) is 4.17. The minimum atomic E-state index is -1.41. The molecule has 17 heavy (non-hydrogen) atoms. The predicted octanol–water partition coefficient (Wildman–Crippen LogP) is 0.819. The van der Waals surface area contributed by atoms with Gasteiger partial charge in [-0.15, -0.1) is 0 Å². The molecule has 0 saturated heterocycles. The van der Waals surface area contributed by atoms with Crippen molar-refractivity contribution in [2.75, 3.05) is 0 Å². The molecule has 0 fully saturated rings. The number of aryl methyl sites for hydroxylation is 1. The molecule has 88 valence electrons. The molecule has 7 heteroatoms. The molecule has 0 spiro atoms. The van der Waals surface area contributed by atoms with Gasteiger partial charge in [-0.2, -0.15) is 4.37 Å². The summed E-state index contributed by atoms with van der Waals surface area (Å²) in [4.78, 5) is 4.25. The first-order valence-electron chi connectivity index (χ1n) is 5.03. The Labute approximate surface area is 108 Å². The molecule has 0 atom stereocenters. The normalized spacial score (nSPS) is 10.5. The van der Waals surface area contributed by atoms with Crippen molar-refractivity contribution in [2.45, 2.75) is 17.0 Å². The monoisotopic (exact) mass is 266 g/mol. The van der Waals surface area contributed by atoms with E-state index in [4.69, 9.17) is 10.0 Å². The van der Waals surface area contributed by atoms with Gasteiger partial charge in [-0.1, -0.05) is 36.0 Å². The molecule has 0 radical (unpaired) electrons. The second-order valence-corrected chi connectivity index (χ2v) is 5.49. The van der Waals surface area contributed by atoms with Crippen LogP contribution in [0.4, 0.5) is 0 Å². The Morgan fingerprint density at radius 3 is 2.88 bits per heavy atom. The van der Waals surface area contributed by atoms with Crippen molar-refractivity contribution in [1.29, 1.82) is 0 Å². The highest BCUT2D eigenvalue weighted by atomic mass is 32.2. The third-order valence-electron chi connectivity index (χ3n) is 2.12. The maximum atomic E-state index is 9.07. The minimum Gasteiger partial charge on any atom is -0.423 e. The van der Waals surface area contributed by atoms with Gasteiger partial charge in [0, 0.05) is 5.75 Å². The number of benzene rings is 1. The molecule has 1 heterocycles. The summed E-state index contributed by atoms with van der Waals surface area (Å²) in [5.74, 6) is 1.53. The number of hydrogen-bond donors (Lipinski definition) is 2. The van der Waals surface area contributed by atoms with Gasteiger partial charge < -0.3 is 10.0 Å². The Morgan fingerprint density at radius 2 is 2.24 bits per heavy atom. The van der Waals surface area contributed by atoms with Gasteiger partial charge in [0.1, 0.15) is 5.82 Å². The van der Waals surface area contributed by atoms with Gasteiger partial charge in [-0.25, -0.2) is 4.98 Å². The summed E-state index contributed by atoms with van der Waals surface area (Å²) in [5.41, 5.74) is 1.55. The highest BCUT2D eigenvalue weighted by molar-refractivity contribution is 8.00. The lowest BCUT2D eigenvalue weighted by molar-refractivity contribution is 0.425. The number of hydrogen-bond acceptors (Lipinski definition) is 6. The lowest BCUT2D eigenvalue weighted by Gasteiger charge is -2.02. The smallest absolute Gasteiger partial charge is 0.423 e. The molecule has 2 N–H and O–H groups in total. The Morgan fingerprint density at radius 1 is 1.41 bits per heavy atom. The van der Waals surface area contributed by atoms with Crippen LogP contribution in [-0.2, 0) is 5.75 Å². The average molecular weight is 266 g/mol. The lowest BCUT2D eigenvalue weighted by Crippen LogP contribution is -2.29. The Balaban J connectivity index is 2.01. The third-order valence-corrected chi connectivity index (χ3v) is 4.12. The molecule has 0 saturated carbocycles. The van der Waals surface area contributed by atoms with E-state index in [-0.39, 0.29) is 0 Å². The summed E-state index contributed by atoms with van der Waals surface area (Å²) in [6.07, 6.45) is 0. The van der Waals surface area contributed by atoms with Crippen molar-refractivity contribution in [2.24, 2.45) is 0 Å². The minimum absolute atomic E-state index is 0.511. The highest BCUT2D eigenvalue weighted by Crippen LogP contribution is 2.23. The van der Waals surface area contributed by atoms with Gasteiger partial charge >= 0.3 is 7.12 Å². The van der Waals surface area contributed by atoms with Crippen LogP contribution in [0.3, 0.4) is 0 Å². The maximum Gasteiger partial charge on any atom is 0.488 e. The van der Waals surface area contributed by atoms with E-state index < -0.39 is 7.12 Å². The molecule has 4 nitrogen and oxygen atoms in total. The van der Waals surface area contributed by atoms with Crippen molar-refractivity contribution < 1.29 is 10.0 Å². The van der Waals surface area contributed by atoms with Gasteiger partial charge in [0.15, 0.2) is 4.34 Å². The van der Waals surface area contributed by atoms with Crippen molar-refractivity contribution in [3.05, 3.63) is 35.7 Å². The topological polar surface area (TPSA) is 66.2 Å². The van der Waals surface area contributed by atoms with Gasteiger partial charge in [-0.3, -0.25) is 0 Å². The quantitative estimate of drug-likeness (QED) is 0.633. The molecule has 0 unspecified atom stereocenters. The molecule has 0 amide bonds. The number of thioether (sulfide) groups is 1. The fourth-order valence-corrected chi connectivity index (χ4v) is 2.91. The van der Waals surface area contributed by atoms with Crippen LogP contribution < -0.4 is 5.46 Å². The zero-order valence-corrected chi connectivity index (χ0v) is 10.8. The van der Waals surface area contributed by atoms with Crippen molar-refractivity contribution in [1.82, 2.24) is 9.36 Å².